The third-order valence-corrected chi connectivity index (χ3v) is 1.11. The molecule has 1 N–H and O–H groups in total. The molecular weight excluding hydrogens is 165 g/mol. The first-order valence-corrected chi connectivity index (χ1v) is 3.26. The van der Waals surface area contributed by atoms with Crippen LogP contribution in [0.5, 0.6) is 5.75 Å². The predicted octanol–water partition coefficient (Wildman–Crippen LogP) is -0.878. The van der Waals surface area contributed by atoms with Gasteiger partial charge in [0, 0.05) is 0 Å². The van der Waals surface area contributed by atoms with E-state index in [0.717, 1.165) is 5.75 Å². The van der Waals surface area contributed by atoms with Crippen molar-refractivity contribution < 1.29 is 56.1 Å². The van der Waals surface area contributed by atoms with Gasteiger partial charge in [0.05, 0.1) is 6.61 Å². The largest absolute Gasteiger partial charge is 1.00 e. The van der Waals surface area contributed by atoms with Crippen molar-refractivity contribution in [1.29, 1.82) is 0 Å². The second-order valence-electron chi connectivity index (χ2n) is 1.91. The molecule has 0 aromatic heterocycles. The Kier molecular flexibility index (Phi) is 7.68. The molecule has 0 bridgehead atoms. The van der Waals surface area contributed by atoms with E-state index >= 15 is 0 Å². The van der Waals surface area contributed by atoms with Crippen LogP contribution in [0.15, 0.2) is 30.3 Å². The Morgan fingerprint density at radius 3 is 2.36 bits per heavy atom. The van der Waals surface area contributed by atoms with Crippen LogP contribution in [0.4, 0.5) is 0 Å². The van der Waals surface area contributed by atoms with Gasteiger partial charge in [0.15, 0.2) is 0 Å². The van der Waals surface area contributed by atoms with E-state index in [1.54, 1.807) is 0 Å². The quantitative estimate of drug-likeness (QED) is 0.549. The van der Waals surface area contributed by atoms with Gasteiger partial charge in [-0.3, -0.25) is 0 Å². The van der Waals surface area contributed by atoms with E-state index in [1.807, 2.05) is 30.3 Å². The summed E-state index contributed by atoms with van der Waals surface area (Å²) >= 11 is 0. The van der Waals surface area contributed by atoms with Gasteiger partial charge >= 0.3 is 51.4 Å². The van der Waals surface area contributed by atoms with Crippen LogP contribution in [0.1, 0.15) is 0 Å². The van der Waals surface area contributed by atoms with Crippen LogP contribution in [0.2, 0.25) is 0 Å². The van der Waals surface area contributed by atoms with E-state index in [2.05, 4.69) is 0 Å². The Morgan fingerprint density at radius 2 is 1.82 bits per heavy atom. The van der Waals surface area contributed by atoms with Gasteiger partial charge in [-0.1, -0.05) is 18.2 Å². The van der Waals surface area contributed by atoms with Crippen molar-refractivity contribution >= 4 is 0 Å². The molecule has 0 amide bonds. The van der Waals surface area contributed by atoms with Crippen molar-refractivity contribution in [2.24, 2.45) is 0 Å². The maximum atomic E-state index is 6.83. The van der Waals surface area contributed by atoms with Crippen LogP contribution >= 0.6 is 0 Å². The summed E-state index contributed by atoms with van der Waals surface area (Å²) in [6.45, 7) is 0.791. The predicted molar refractivity (Wildman–Crippen MR) is 41.1 cm³/mol. The van der Waals surface area contributed by atoms with E-state index in [0.29, 0.717) is 13.2 Å². The first-order chi connectivity index (χ1) is 4.93. The fourth-order valence-corrected chi connectivity index (χ4v) is 0.686. The molecule has 0 aliphatic heterocycles. The molecule has 2 nitrogen and oxygen atoms in total. The molecule has 0 fully saturated rings. The Balaban J connectivity index is 0.000001000. The first-order valence-electron chi connectivity index (χ1n) is 3.26. The molecule has 0 aliphatic rings. The number of hydrogen-bond acceptors (Lipinski definition) is 1. The van der Waals surface area contributed by atoms with E-state index in [-0.39, 0.29) is 51.4 Å². The molecule has 0 aliphatic carbocycles. The zero-order chi connectivity index (χ0) is 7.23. The zero-order valence-corrected chi connectivity index (χ0v) is 9.83. The van der Waals surface area contributed by atoms with Crippen LogP contribution in [0.3, 0.4) is 0 Å². The minimum atomic E-state index is 0. The van der Waals surface area contributed by atoms with Crippen molar-refractivity contribution in [2.45, 2.75) is 0 Å². The van der Waals surface area contributed by atoms with Gasteiger partial charge in [-0.2, -0.15) is 0 Å². The van der Waals surface area contributed by atoms with Gasteiger partial charge in [-0.25, -0.2) is 0 Å². The number of para-hydroxylation sites is 1. The van der Waals surface area contributed by atoms with Gasteiger partial charge in [0.1, 0.15) is 5.75 Å². The molecule has 0 atom stereocenters. The normalized spacial score (nSPS) is 8.45. The average molecular weight is 175 g/mol. The maximum Gasteiger partial charge on any atom is 1.00 e. The third kappa shape index (κ3) is 4.95. The van der Waals surface area contributed by atoms with Gasteiger partial charge in [0.25, 0.3) is 0 Å². The minimum absolute atomic E-state index is 0. The Morgan fingerprint density at radius 1 is 1.18 bits per heavy atom. The topological polar surface area (TPSA) is 33.0 Å². The number of hydrogen-bond donors (Lipinski definition) is 0. The molecule has 11 heavy (non-hydrogen) atoms. The summed E-state index contributed by atoms with van der Waals surface area (Å²) < 4.78 is 5.17. The fourth-order valence-electron chi connectivity index (χ4n) is 0.686. The number of nitrogens with one attached hydrogen (secondary N) is 1. The molecule has 0 spiro atoms. The van der Waals surface area contributed by atoms with Gasteiger partial charge in [0.2, 0.25) is 0 Å². The molecule has 1 rings (SSSR count). The summed E-state index contributed by atoms with van der Waals surface area (Å²) in [5.41, 5.74) is 6.83. The van der Waals surface area contributed by atoms with Gasteiger partial charge in [-0.05, 0) is 12.1 Å². The second kappa shape index (κ2) is 7.28. The monoisotopic (exact) mass is 175 g/mol. The fraction of sp³-hybridized carbons (Fsp3) is 0.250. The first kappa shape index (κ1) is 11.6. The molecule has 0 heterocycles. The van der Waals surface area contributed by atoms with Crippen molar-refractivity contribution in [2.75, 3.05) is 13.2 Å². The summed E-state index contributed by atoms with van der Waals surface area (Å²) in [7, 11) is 0. The van der Waals surface area contributed by atoms with Crippen LogP contribution in [0, 0.1) is 0 Å². The number of rotatable bonds is 3. The summed E-state index contributed by atoms with van der Waals surface area (Å²) in [4.78, 5) is 0. The van der Waals surface area contributed by atoms with E-state index in [1.165, 1.54) is 0 Å². The Labute approximate surface area is 110 Å². The molecule has 1 aromatic rings. The molecule has 0 radical (unpaired) electrons. The van der Waals surface area contributed by atoms with Crippen LogP contribution < -0.4 is 56.1 Å². The summed E-state index contributed by atoms with van der Waals surface area (Å²) in [5.74, 6) is 0.842. The summed E-state index contributed by atoms with van der Waals surface area (Å²) in [6.07, 6.45) is 0. The smallest absolute Gasteiger partial charge is 0.675 e. The number of ether oxygens (including phenoxy) is 1. The standard InChI is InChI=1S/C8H10NO.K/c9-6-7-10-8-4-2-1-3-5-8;/h1-5,9H,6-7H2;/q-1;+1. The number of benzene rings is 1. The molecule has 1 aromatic carbocycles. The van der Waals surface area contributed by atoms with Crippen molar-refractivity contribution in [3.05, 3.63) is 36.1 Å². The average Bonchev–Trinajstić information content (AvgIpc) is 2.03. The SMILES string of the molecule is [K+].[NH-]CCOc1ccccc1. The molecular formula is C8H10KNO. The minimum Gasteiger partial charge on any atom is -0.675 e. The van der Waals surface area contributed by atoms with Crippen LogP contribution in [-0.4, -0.2) is 13.2 Å². The zero-order valence-electron chi connectivity index (χ0n) is 6.71. The second-order valence-corrected chi connectivity index (χ2v) is 1.91. The summed E-state index contributed by atoms with van der Waals surface area (Å²) in [5, 5.41) is 0. The molecule has 54 valence electrons. The Bertz CT molecular complexity index is 179. The van der Waals surface area contributed by atoms with Crippen LogP contribution in [-0.2, 0) is 0 Å². The van der Waals surface area contributed by atoms with E-state index < -0.39 is 0 Å². The van der Waals surface area contributed by atoms with Gasteiger partial charge < -0.3 is 10.5 Å². The maximum absolute atomic E-state index is 6.83. The van der Waals surface area contributed by atoms with Crippen molar-refractivity contribution in [1.82, 2.24) is 0 Å². The molecule has 3 heteroatoms. The molecule has 0 saturated carbocycles. The molecule has 0 saturated heterocycles. The third-order valence-electron chi connectivity index (χ3n) is 1.11. The summed E-state index contributed by atoms with van der Waals surface area (Å²) in [6, 6.07) is 9.54. The van der Waals surface area contributed by atoms with E-state index in [9.17, 15) is 0 Å². The van der Waals surface area contributed by atoms with E-state index in [4.69, 9.17) is 10.5 Å². The van der Waals surface area contributed by atoms with Gasteiger partial charge in [-0.15, -0.1) is 6.54 Å². The Hall–Kier alpha value is 0.616. The molecule has 0 unspecified atom stereocenters. The van der Waals surface area contributed by atoms with Crippen molar-refractivity contribution in [3.8, 4) is 5.75 Å². The van der Waals surface area contributed by atoms with Crippen LogP contribution in [0.25, 0.3) is 5.73 Å². The van der Waals surface area contributed by atoms with Crippen molar-refractivity contribution in [3.63, 3.8) is 0 Å².